The largest absolute Gasteiger partial charge is 0.507 e. The van der Waals surface area contributed by atoms with Crippen molar-refractivity contribution < 1.29 is 20.1 Å². The van der Waals surface area contributed by atoms with E-state index in [1.54, 1.807) is 33.2 Å². The number of hydrogen-bond donors (Lipinski definition) is 3. The number of hydrogen-bond acceptors (Lipinski definition) is 4. The van der Waals surface area contributed by atoms with Gasteiger partial charge in [-0.15, -0.1) is 0 Å². The third-order valence-corrected chi connectivity index (χ3v) is 4.93. The van der Waals surface area contributed by atoms with Gasteiger partial charge in [-0.05, 0) is 62.8 Å². The zero-order valence-corrected chi connectivity index (χ0v) is 16.1. The molecule has 144 valence electrons. The maximum Gasteiger partial charge on any atom is 0.303 e. The number of pyridine rings is 1. The highest BCUT2D eigenvalue weighted by Gasteiger charge is 2.20. The van der Waals surface area contributed by atoms with Crippen molar-refractivity contribution in [3.63, 3.8) is 0 Å². The third-order valence-electron chi connectivity index (χ3n) is 4.93. The Morgan fingerprint density at radius 1 is 1.04 bits per heavy atom. The summed E-state index contributed by atoms with van der Waals surface area (Å²) in [5.41, 5.74) is 4.28. The summed E-state index contributed by atoms with van der Waals surface area (Å²) in [6.45, 7) is 5.38. The summed E-state index contributed by atoms with van der Waals surface area (Å²) in [6, 6.07) is 3.76. The minimum Gasteiger partial charge on any atom is -0.507 e. The van der Waals surface area contributed by atoms with Gasteiger partial charge in [0, 0.05) is 35.5 Å². The minimum atomic E-state index is -0.771. The number of rotatable bonds is 8. The van der Waals surface area contributed by atoms with Crippen molar-refractivity contribution in [2.45, 2.75) is 52.9 Å². The van der Waals surface area contributed by atoms with E-state index in [4.69, 9.17) is 5.11 Å². The first-order chi connectivity index (χ1) is 12.8. The number of phenolic OH excluding ortho intramolecular Hbond substituents is 2. The fourth-order valence-electron chi connectivity index (χ4n) is 3.18. The Balaban J connectivity index is 2.38. The Morgan fingerprint density at radius 3 is 2.37 bits per heavy atom. The summed E-state index contributed by atoms with van der Waals surface area (Å²) >= 11 is 0. The fourth-order valence-corrected chi connectivity index (χ4v) is 3.18. The molecule has 0 radical (unpaired) electrons. The normalized spacial score (nSPS) is 11.6. The number of carboxylic acid groups (broad SMARTS) is 1. The number of aliphatic carboxylic acids is 1. The van der Waals surface area contributed by atoms with E-state index >= 15 is 0 Å². The molecule has 5 nitrogen and oxygen atoms in total. The molecule has 27 heavy (non-hydrogen) atoms. The number of aromatic nitrogens is 1. The molecular weight excluding hydrogens is 342 g/mol. The molecule has 0 spiro atoms. The van der Waals surface area contributed by atoms with E-state index in [0.717, 1.165) is 30.4 Å². The van der Waals surface area contributed by atoms with Gasteiger partial charge in [0.25, 0.3) is 0 Å². The molecular formula is C22H27NO4. The molecule has 5 heteroatoms. The number of benzene rings is 1. The van der Waals surface area contributed by atoms with Crippen molar-refractivity contribution in [1.29, 1.82) is 0 Å². The van der Waals surface area contributed by atoms with Crippen LogP contribution in [0.4, 0.5) is 0 Å². The van der Waals surface area contributed by atoms with E-state index in [9.17, 15) is 15.0 Å². The second-order valence-corrected chi connectivity index (χ2v) is 6.80. The highest BCUT2D eigenvalue weighted by atomic mass is 16.4. The summed E-state index contributed by atoms with van der Waals surface area (Å²) in [4.78, 5) is 14.8. The number of carboxylic acids is 1. The van der Waals surface area contributed by atoms with E-state index < -0.39 is 5.97 Å². The molecule has 0 unspecified atom stereocenters. The lowest BCUT2D eigenvalue weighted by molar-refractivity contribution is -0.137. The van der Waals surface area contributed by atoms with E-state index in [2.05, 4.69) is 4.98 Å². The predicted octanol–water partition coefficient (Wildman–Crippen LogP) is 4.88. The molecule has 1 aromatic heterocycles. The topological polar surface area (TPSA) is 90.7 Å². The van der Waals surface area contributed by atoms with Crippen molar-refractivity contribution >= 4 is 11.5 Å². The standard InChI is InChI=1S/C22H27NO4/c1-14-15(2)22(27)20(16(3)21(14)26)18(17-9-8-12-23-13-17)10-6-4-5-7-11-19(24)25/h8-10,12-13,26-27H,4-7,11H2,1-3H3,(H,24,25)/b18-10+. The quantitative estimate of drug-likeness (QED) is 0.455. The van der Waals surface area contributed by atoms with Crippen LogP contribution in [0.3, 0.4) is 0 Å². The van der Waals surface area contributed by atoms with Crippen molar-refractivity contribution in [2.24, 2.45) is 0 Å². The highest BCUT2D eigenvalue weighted by molar-refractivity contribution is 5.86. The van der Waals surface area contributed by atoms with E-state index in [1.165, 1.54) is 0 Å². The van der Waals surface area contributed by atoms with Crippen LogP contribution >= 0.6 is 0 Å². The lowest BCUT2D eigenvalue weighted by Crippen LogP contribution is -1.98. The first kappa shape index (κ1) is 20.5. The van der Waals surface area contributed by atoms with Gasteiger partial charge in [0.2, 0.25) is 0 Å². The van der Waals surface area contributed by atoms with Crippen LogP contribution in [0.1, 0.15) is 59.9 Å². The smallest absolute Gasteiger partial charge is 0.303 e. The van der Waals surface area contributed by atoms with Crippen LogP contribution in [0.15, 0.2) is 30.6 Å². The molecule has 3 N–H and O–H groups in total. The SMILES string of the molecule is Cc1c(C)c(O)c(/C(=C/CCCCCC(=O)O)c2cccnc2)c(C)c1O. The van der Waals surface area contributed by atoms with Gasteiger partial charge in [-0.25, -0.2) is 0 Å². The number of carbonyl (C=O) groups is 1. The molecule has 0 saturated heterocycles. The second kappa shape index (κ2) is 9.21. The van der Waals surface area contributed by atoms with Crippen molar-refractivity contribution in [2.75, 3.05) is 0 Å². The van der Waals surface area contributed by atoms with Crippen LogP contribution < -0.4 is 0 Å². The molecule has 0 bridgehead atoms. The average molecular weight is 369 g/mol. The number of phenols is 2. The molecule has 0 aliphatic carbocycles. The zero-order chi connectivity index (χ0) is 20.0. The predicted molar refractivity (Wildman–Crippen MR) is 106 cm³/mol. The maximum atomic E-state index is 10.8. The van der Waals surface area contributed by atoms with Gasteiger partial charge in [-0.2, -0.15) is 0 Å². The van der Waals surface area contributed by atoms with Crippen molar-refractivity contribution in [3.05, 3.63) is 58.4 Å². The highest BCUT2D eigenvalue weighted by Crippen LogP contribution is 2.42. The summed E-state index contributed by atoms with van der Waals surface area (Å²) in [6.07, 6.45) is 8.73. The summed E-state index contributed by atoms with van der Waals surface area (Å²) in [5, 5.41) is 30.0. The van der Waals surface area contributed by atoms with Gasteiger partial charge in [-0.3, -0.25) is 9.78 Å². The molecule has 2 rings (SSSR count). The monoisotopic (exact) mass is 369 g/mol. The first-order valence-corrected chi connectivity index (χ1v) is 9.19. The number of unbranched alkanes of at least 4 members (excludes halogenated alkanes) is 3. The zero-order valence-electron chi connectivity index (χ0n) is 16.1. The summed E-state index contributed by atoms with van der Waals surface area (Å²) in [7, 11) is 0. The van der Waals surface area contributed by atoms with Crippen LogP contribution in [0, 0.1) is 20.8 Å². The van der Waals surface area contributed by atoms with Gasteiger partial charge < -0.3 is 15.3 Å². The van der Waals surface area contributed by atoms with Gasteiger partial charge in [-0.1, -0.05) is 18.6 Å². The average Bonchev–Trinajstić information content (AvgIpc) is 2.66. The second-order valence-electron chi connectivity index (χ2n) is 6.80. The van der Waals surface area contributed by atoms with Crippen LogP contribution in [0.2, 0.25) is 0 Å². The Bertz CT molecular complexity index is 812. The van der Waals surface area contributed by atoms with Gasteiger partial charge in [0.15, 0.2) is 0 Å². The molecule has 2 aromatic rings. The van der Waals surface area contributed by atoms with E-state index in [1.807, 2.05) is 18.2 Å². The molecule has 0 saturated carbocycles. The van der Waals surface area contributed by atoms with Crippen LogP contribution in [0.25, 0.3) is 5.57 Å². The van der Waals surface area contributed by atoms with Crippen LogP contribution in [-0.4, -0.2) is 26.3 Å². The van der Waals surface area contributed by atoms with Gasteiger partial charge in [0.05, 0.1) is 0 Å². The van der Waals surface area contributed by atoms with E-state index in [-0.39, 0.29) is 17.9 Å². The summed E-state index contributed by atoms with van der Waals surface area (Å²) < 4.78 is 0. The molecule has 0 atom stereocenters. The van der Waals surface area contributed by atoms with Crippen molar-refractivity contribution in [1.82, 2.24) is 4.98 Å². The molecule has 1 heterocycles. The lowest BCUT2D eigenvalue weighted by Gasteiger charge is -2.18. The van der Waals surface area contributed by atoms with Crippen LogP contribution in [0.5, 0.6) is 11.5 Å². The van der Waals surface area contributed by atoms with Crippen molar-refractivity contribution in [3.8, 4) is 11.5 Å². The third kappa shape index (κ3) is 4.88. The molecule has 0 amide bonds. The Kier molecular flexibility index (Phi) is 6.99. The number of aromatic hydroxyl groups is 2. The molecule has 0 aliphatic rings. The minimum absolute atomic E-state index is 0.170. The molecule has 0 aliphatic heterocycles. The maximum absolute atomic E-state index is 10.8. The van der Waals surface area contributed by atoms with E-state index in [0.29, 0.717) is 28.7 Å². The first-order valence-electron chi connectivity index (χ1n) is 9.19. The van der Waals surface area contributed by atoms with Gasteiger partial charge >= 0.3 is 5.97 Å². The Morgan fingerprint density at radius 2 is 1.74 bits per heavy atom. The molecule has 1 aromatic carbocycles. The number of allylic oxidation sites excluding steroid dienone is 1. The summed E-state index contributed by atoms with van der Waals surface area (Å²) in [5.74, 6) is -0.409. The Hall–Kier alpha value is -2.82. The molecule has 0 fully saturated rings. The Labute approximate surface area is 160 Å². The fraction of sp³-hybridized carbons (Fsp3) is 0.364. The van der Waals surface area contributed by atoms with Crippen LogP contribution in [-0.2, 0) is 4.79 Å². The lowest BCUT2D eigenvalue weighted by atomic mass is 9.89. The number of nitrogens with zero attached hydrogens (tertiary/aromatic N) is 1. The van der Waals surface area contributed by atoms with Gasteiger partial charge in [0.1, 0.15) is 11.5 Å².